The number of para-hydroxylation sites is 2. The normalized spacial score (nSPS) is 14.0. The Balaban J connectivity index is 1.03. The van der Waals surface area contributed by atoms with Crippen LogP contribution in [0.15, 0.2) is 206 Å². The molecule has 0 saturated carbocycles. The number of pyridine rings is 1. The highest BCUT2D eigenvalue weighted by Crippen LogP contribution is 2.47. The van der Waals surface area contributed by atoms with Crippen LogP contribution in [-0.4, -0.2) is 16.2 Å². The van der Waals surface area contributed by atoms with Gasteiger partial charge in [-0.25, -0.2) is 4.98 Å². The summed E-state index contributed by atoms with van der Waals surface area (Å²) in [5.74, 6) is 1.94. The van der Waals surface area contributed by atoms with E-state index in [0.29, 0.717) is 29.5 Å². The fourth-order valence-electron chi connectivity index (χ4n) is 9.94. The molecular formula is C65H60N4O. The molecule has 2 aromatic heterocycles. The van der Waals surface area contributed by atoms with Crippen LogP contribution in [0.2, 0.25) is 0 Å². The molecule has 0 amide bonds. The smallest absolute Gasteiger partial charge is 0.137 e. The predicted molar refractivity (Wildman–Crippen MR) is 294 cm³/mol. The highest BCUT2D eigenvalue weighted by molar-refractivity contribution is 6.10. The van der Waals surface area contributed by atoms with Crippen molar-refractivity contribution in [1.82, 2.24) is 9.55 Å². The first-order chi connectivity index (χ1) is 35.8. The summed E-state index contributed by atoms with van der Waals surface area (Å²) in [6.07, 6.45) is 1.67. The van der Waals surface area contributed by atoms with Crippen LogP contribution in [0.25, 0.3) is 49.9 Å². The molecule has 70 heavy (non-hydrogen) atoms. The Kier molecular flexibility index (Phi) is 9.62. The van der Waals surface area contributed by atoms with Crippen LogP contribution in [0.4, 0.5) is 22.7 Å². The molecule has 10 aromatic rings. The lowest BCUT2D eigenvalue weighted by Gasteiger charge is -2.29. The first-order valence-corrected chi connectivity index (χ1v) is 24.1. The maximum atomic E-state index is 9.06. The molecular weight excluding hydrogens is 853 g/mol. The first kappa shape index (κ1) is 39.0. The highest BCUT2D eigenvalue weighted by atomic mass is 16.5. The van der Waals surface area contributed by atoms with Crippen molar-refractivity contribution < 1.29 is 11.6 Å². The Bertz CT molecular complexity index is 3790. The molecule has 5 nitrogen and oxygen atoms in total. The molecule has 5 heteroatoms. The zero-order chi connectivity index (χ0) is 52.7. The van der Waals surface area contributed by atoms with E-state index < -0.39 is 23.5 Å². The molecule has 346 valence electrons. The minimum atomic E-state index is -0.700. The molecule has 11 rings (SSSR count). The van der Waals surface area contributed by atoms with Crippen LogP contribution in [0.3, 0.4) is 0 Å². The quantitative estimate of drug-likeness (QED) is 0.144. The molecule has 0 radical (unpaired) electrons. The van der Waals surface area contributed by atoms with E-state index in [1.54, 1.807) is 6.20 Å². The molecule has 0 aliphatic carbocycles. The Labute approximate surface area is 420 Å². The second-order valence-corrected chi connectivity index (χ2v) is 21.0. The second kappa shape index (κ2) is 17.3. The lowest BCUT2D eigenvalue weighted by molar-refractivity contribution is 0.483. The van der Waals surface area contributed by atoms with E-state index in [9.17, 15) is 0 Å². The standard InChI is InChI=1S/C65H60N4O/c1-63(2,3)48-36-49(64(4,5)6)38-51(37-48)68-43-67(59-29-18-19-30-60(59)68)50-27-20-28-52(39-50)70-53-32-33-54-55-35-46(44-21-12-9-13-22-44)31-34-58(55)69(61(54)40-53)62-41-57(65(7,8)47-25-16-11-17-26-47)56(42-66-62)45-23-14-10-15-24-45/h9-42H,43H2,1-8H3/i10D,14D,15D,23D,24D. The zero-order valence-corrected chi connectivity index (χ0v) is 41.1. The van der Waals surface area contributed by atoms with Crippen molar-refractivity contribution in [3.63, 3.8) is 0 Å². The van der Waals surface area contributed by atoms with Gasteiger partial charge in [0.05, 0.1) is 29.3 Å². The molecule has 0 saturated heterocycles. The number of hydrogen-bond donors (Lipinski definition) is 0. The van der Waals surface area contributed by atoms with Gasteiger partial charge < -0.3 is 14.5 Å². The molecule has 0 N–H and O–H groups in total. The SMILES string of the molecule is [2H]c1c([2H])c([2H])c(-c2cnc(-n3c4ccc(-c5ccccc5)cc4c4ccc(Oc5cccc(N6CN(c7cc(C(C)(C)C)cc(C(C)(C)C)c7)c7ccccc76)c5)cc43)cc2C(C)(C)c2ccccc2)c([2H])c1[2H]. The van der Waals surface area contributed by atoms with Gasteiger partial charge in [-0.15, -0.1) is 0 Å². The van der Waals surface area contributed by atoms with E-state index in [2.05, 4.69) is 179 Å². The molecule has 0 atom stereocenters. The van der Waals surface area contributed by atoms with E-state index in [1.165, 1.54) is 16.8 Å². The Morgan fingerprint density at radius 1 is 0.486 bits per heavy atom. The van der Waals surface area contributed by atoms with E-state index in [-0.39, 0.29) is 28.5 Å². The van der Waals surface area contributed by atoms with Gasteiger partial charge in [0.2, 0.25) is 0 Å². The van der Waals surface area contributed by atoms with Crippen molar-refractivity contribution in [1.29, 1.82) is 0 Å². The highest BCUT2D eigenvalue weighted by Gasteiger charge is 2.31. The van der Waals surface area contributed by atoms with Gasteiger partial charge in [-0.1, -0.05) is 177 Å². The monoisotopic (exact) mass is 918 g/mol. The van der Waals surface area contributed by atoms with E-state index in [1.807, 2.05) is 60.7 Å². The lowest BCUT2D eigenvalue weighted by Crippen LogP contribution is -2.25. The summed E-state index contributed by atoms with van der Waals surface area (Å²) in [7, 11) is 0. The molecule has 0 fully saturated rings. The number of nitrogens with zero attached hydrogens (tertiary/aromatic N) is 4. The number of rotatable bonds is 9. The van der Waals surface area contributed by atoms with E-state index in [4.69, 9.17) is 16.6 Å². The Morgan fingerprint density at radius 2 is 1.13 bits per heavy atom. The minimum absolute atomic E-state index is 0.0239. The molecule has 1 aliphatic heterocycles. The summed E-state index contributed by atoms with van der Waals surface area (Å²) in [5.41, 5.74) is 12.6. The zero-order valence-electron chi connectivity index (χ0n) is 46.1. The van der Waals surface area contributed by atoms with Crippen LogP contribution in [-0.2, 0) is 16.2 Å². The molecule has 0 unspecified atom stereocenters. The molecule has 8 aromatic carbocycles. The van der Waals surface area contributed by atoms with Crippen molar-refractivity contribution >= 4 is 44.6 Å². The maximum Gasteiger partial charge on any atom is 0.137 e. The number of ether oxygens (including phenoxy) is 1. The van der Waals surface area contributed by atoms with Crippen LogP contribution < -0.4 is 14.5 Å². The van der Waals surface area contributed by atoms with Crippen molar-refractivity contribution in [2.24, 2.45) is 0 Å². The van der Waals surface area contributed by atoms with Crippen molar-refractivity contribution in [3.8, 4) is 39.6 Å². The lowest BCUT2D eigenvalue weighted by atomic mass is 9.75. The van der Waals surface area contributed by atoms with Crippen LogP contribution in [0.1, 0.15) is 84.5 Å². The number of aromatic nitrogens is 2. The molecule has 3 heterocycles. The topological polar surface area (TPSA) is 33.5 Å². The van der Waals surface area contributed by atoms with Gasteiger partial charge in [-0.05, 0) is 117 Å². The van der Waals surface area contributed by atoms with Crippen molar-refractivity contribution in [3.05, 3.63) is 229 Å². The molecule has 1 aliphatic rings. The van der Waals surface area contributed by atoms with Gasteiger partial charge >= 0.3 is 0 Å². The molecule has 0 bridgehead atoms. The van der Waals surface area contributed by atoms with Gasteiger partial charge in [0.15, 0.2) is 0 Å². The fourth-order valence-corrected chi connectivity index (χ4v) is 9.94. The maximum absolute atomic E-state index is 9.06. The average molecular weight is 918 g/mol. The summed E-state index contributed by atoms with van der Waals surface area (Å²) in [6, 6.07) is 57.3. The third-order valence-electron chi connectivity index (χ3n) is 14.0. The third-order valence-corrected chi connectivity index (χ3v) is 14.0. The summed E-state index contributed by atoms with van der Waals surface area (Å²) in [4.78, 5) is 9.90. The van der Waals surface area contributed by atoms with Gasteiger partial charge in [-0.3, -0.25) is 4.57 Å². The Hall–Kier alpha value is -7.89. The van der Waals surface area contributed by atoms with Crippen molar-refractivity contribution in [2.45, 2.75) is 71.6 Å². The first-order valence-electron chi connectivity index (χ1n) is 26.6. The van der Waals surface area contributed by atoms with Gasteiger partial charge in [0.1, 0.15) is 24.0 Å². The predicted octanol–water partition coefficient (Wildman–Crippen LogP) is 17.5. The summed E-state index contributed by atoms with van der Waals surface area (Å²) < 4.78 is 52.8. The summed E-state index contributed by atoms with van der Waals surface area (Å²) >= 11 is 0. The fraction of sp³-hybridized carbons (Fsp3) is 0.185. The second-order valence-electron chi connectivity index (χ2n) is 21.0. The van der Waals surface area contributed by atoms with Gasteiger partial charge in [0.25, 0.3) is 0 Å². The number of benzene rings is 8. The van der Waals surface area contributed by atoms with E-state index >= 15 is 0 Å². The van der Waals surface area contributed by atoms with Crippen LogP contribution in [0, 0.1) is 0 Å². The third kappa shape index (κ3) is 8.19. The van der Waals surface area contributed by atoms with E-state index in [0.717, 1.165) is 61.1 Å². The number of fused-ring (bicyclic) bond motifs is 4. The number of anilines is 4. The van der Waals surface area contributed by atoms with Gasteiger partial charge in [0, 0.05) is 51.5 Å². The Morgan fingerprint density at radius 3 is 1.81 bits per heavy atom. The average Bonchev–Trinajstić information content (AvgIpc) is 3.97. The van der Waals surface area contributed by atoms with Gasteiger partial charge in [-0.2, -0.15) is 0 Å². The summed E-state index contributed by atoms with van der Waals surface area (Å²) in [5, 5.41) is 2.03. The minimum Gasteiger partial charge on any atom is -0.457 e. The molecule has 0 spiro atoms. The largest absolute Gasteiger partial charge is 0.457 e. The van der Waals surface area contributed by atoms with Crippen LogP contribution >= 0.6 is 0 Å². The van der Waals surface area contributed by atoms with Crippen LogP contribution in [0.5, 0.6) is 11.5 Å². The number of hydrogen-bond acceptors (Lipinski definition) is 4. The van der Waals surface area contributed by atoms with Crippen molar-refractivity contribution in [2.75, 3.05) is 16.5 Å². The summed E-state index contributed by atoms with van der Waals surface area (Å²) in [6.45, 7) is 18.5.